The summed E-state index contributed by atoms with van der Waals surface area (Å²) in [6.45, 7) is 1.25. The lowest BCUT2D eigenvalue weighted by Gasteiger charge is -2.24. The standard InChI is InChI=1S/C8H15FN2/c1-11-6-2-8(3-7-11)10-5-4-9/h2,6,8,10H,3-5,7H2,1H3. The number of halogens is 1. The maximum Gasteiger partial charge on any atom is 0.102 e. The zero-order valence-corrected chi connectivity index (χ0v) is 6.89. The predicted octanol–water partition coefficient (Wildman–Crippen LogP) is 0.763. The minimum Gasteiger partial charge on any atom is -0.381 e. The van der Waals surface area contributed by atoms with E-state index in [1.54, 1.807) is 0 Å². The molecule has 2 nitrogen and oxygen atoms in total. The second kappa shape index (κ2) is 4.34. The number of rotatable bonds is 3. The minimum atomic E-state index is -0.278. The molecule has 1 heterocycles. The Morgan fingerprint density at radius 2 is 2.55 bits per heavy atom. The molecular weight excluding hydrogens is 143 g/mol. The molecule has 64 valence electrons. The minimum absolute atomic E-state index is 0.278. The van der Waals surface area contributed by atoms with Gasteiger partial charge in [0.15, 0.2) is 0 Å². The summed E-state index contributed by atoms with van der Waals surface area (Å²) in [5.41, 5.74) is 0. The highest BCUT2D eigenvalue weighted by Crippen LogP contribution is 2.03. The van der Waals surface area contributed by atoms with Crippen molar-refractivity contribution in [2.24, 2.45) is 0 Å². The van der Waals surface area contributed by atoms with Gasteiger partial charge in [-0.3, -0.25) is 0 Å². The molecule has 1 unspecified atom stereocenters. The fourth-order valence-electron chi connectivity index (χ4n) is 1.17. The molecule has 0 saturated carbocycles. The first-order valence-electron chi connectivity index (χ1n) is 4.01. The van der Waals surface area contributed by atoms with Crippen LogP contribution in [0.15, 0.2) is 12.3 Å². The van der Waals surface area contributed by atoms with Crippen molar-refractivity contribution in [3.8, 4) is 0 Å². The van der Waals surface area contributed by atoms with E-state index in [0.717, 1.165) is 13.0 Å². The first kappa shape index (κ1) is 8.53. The zero-order chi connectivity index (χ0) is 8.10. The highest BCUT2D eigenvalue weighted by molar-refractivity contribution is 4.97. The van der Waals surface area contributed by atoms with Crippen molar-refractivity contribution < 1.29 is 4.39 Å². The third-order valence-electron chi connectivity index (χ3n) is 1.87. The summed E-state index contributed by atoms with van der Waals surface area (Å²) in [5.74, 6) is 0. The average molecular weight is 158 g/mol. The van der Waals surface area contributed by atoms with Gasteiger partial charge in [-0.1, -0.05) is 6.08 Å². The summed E-state index contributed by atoms with van der Waals surface area (Å²) in [6.07, 6.45) is 5.20. The number of nitrogens with zero attached hydrogens (tertiary/aromatic N) is 1. The van der Waals surface area contributed by atoms with Gasteiger partial charge in [0.2, 0.25) is 0 Å². The zero-order valence-electron chi connectivity index (χ0n) is 6.89. The lowest BCUT2D eigenvalue weighted by Crippen LogP contribution is -2.35. The van der Waals surface area contributed by atoms with Gasteiger partial charge in [0.1, 0.15) is 6.67 Å². The van der Waals surface area contributed by atoms with E-state index in [9.17, 15) is 4.39 Å². The summed E-state index contributed by atoms with van der Waals surface area (Å²) in [4.78, 5) is 2.13. The third kappa shape index (κ3) is 2.89. The highest BCUT2D eigenvalue weighted by atomic mass is 19.1. The van der Waals surface area contributed by atoms with E-state index in [4.69, 9.17) is 0 Å². The van der Waals surface area contributed by atoms with Gasteiger partial charge in [-0.15, -0.1) is 0 Å². The van der Waals surface area contributed by atoms with Gasteiger partial charge >= 0.3 is 0 Å². The molecule has 0 radical (unpaired) electrons. The van der Waals surface area contributed by atoms with Crippen molar-refractivity contribution in [2.45, 2.75) is 12.5 Å². The lowest BCUT2D eigenvalue weighted by atomic mass is 10.1. The van der Waals surface area contributed by atoms with Gasteiger partial charge in [0.05, 0.1) is 0 Å². The molecule has 0 saturated heterocycles. The molecule has 11 heavy (non-hydrogen) atoms. The van der Waals surface area contributed by atoms with E-state index in [2.05, 4.69) is 16.3 Å². The Morgan fingerprint density at radius 3 is 3.09 bits per heavy atom. The Bertz CT molecular complexity index is 136. The molecule has 0 aliphatic carbocycles. The second-order valence-electron chi connectivity index (χ2n) is 2.86. The molecule has 1 N–H and O–H groups in total. The van der Waals surface area contributed by atoms with Gasteiger partial charge in [0.25, 0.3) is 0 Å². The maximum absolute atomic E-state index is 11.7. The van der Waals surface area contributed by atoms with E-state index >= 15 is 0 Å². The van der Waals surface area contributed by atoms with Crippen molar-refractivity contribution in [1.29, 1.82) is 0 Å². The number of alkyl halides is 1. The van der Waals surface area contributed by atoms with Gasteiger partial charge < -0.3 is 10.2 Å². The largest absolute Gasteiger partial charge is 0.381 e. The number of nitrogens with one attached hydrogen (secondary N) is 1. The topological polar surface area (TPSA) is 15.3 Å². The molecule has 1 aliphatic rings. The Labute approximate surface area is 67.1 Å². The monoisotopic (exact) mass is 158 g/mol. The SMILES string of the molecule is CN1C=CC(NCCF)CC1. The number of hydrogen-bond donors (Lipinski definition) is 1. The lowest BCUT2D eigenvalue weighted by molar-refractivity contribution is 0.370. The van der Waals surface area contributed by atoms with E-state index < -0.39 is 0 Å². The fourth-order valence-corrected chi connectivity index (χ4v) is 1.17. The van der Waals surface area contributed by atoms with Crippen LogP contribution in [0.2, 0.25) is 0 Å². The molecule has 0 bridgehead atoms. The average Bonchev–Trinajstić information content (AvgIpc) is 2.04. The Balaban J connectivity index is 2.21. The summed E-state index contributed by atoms with van der Waals surface area (Å²) in [7, 11) is 2.04. The van der Waals surface area contributed by atoms with Crippen LogP contribution in [-0.2, 0) is 0 Å². The highest BCUT2D eigenvalue weighted by Gasteiger charge is 2.08. The van der Waals surface area contributed by atoms with Crippen LogP contribution in [0.5, 0.6) is 0 Å². The van der Waals surface area contributed by atoms with Crippen LogP contribution >= 0.6 is 0 Å². The predicted molar refractivity (Wildman–Crippen MR) is 44.2 cm³/mol. The Morgan fingerprint density at radius 1 is 1.73 bits per heavy atom. The van der Waals surface area contributed by atoms with Gasteiger partial charge in [0, 0.05) is 26.2 Å². The molecule has 0 aromatic carbocycles. The fraction of sp³-hybridized carbons (Fsp3) is 0.750. The Kier molecular flexibility index (Phi) is 3.36. The molecule has 1 aliphatic heterocycles. The van der Waals surface area contributed by atoms with Gasteiger partial charge in [-0.2, -0.15) is 0 Å². The Hall–Kier alpha value is -0.570. The van der Waals surface area contributed by atoms with Crippen LogP contribution in [0, 0.1) is 0 Å². The third-order valence-corrected chi connectivity index (χ3v) is 1.87. The quantitative estimate of drug-likeness (QED) is 0.652. The van der Waals surface area contributed by atoms with Crippen LogP contribution < -0.4 is 5.32 Å². The van der Waals surface area contributed by atoms with Crippen molar-refractivity contribution in [1.82, 2.24) is 10.2 Å². The second-order valence-corrected chi connectivity index (χ2v) is 2.86. The van der Waals surface area contributed by atoms with E-state index in [-0.39, 0.29) is 6.67 Å². The molecule has 0 fully saturated rings. The van der Waals surface area contributed by atoms with Crippen LogP contribution in [0.3, 0.4) is 0 Å². The maximum atomic E-state index is 11.7. The molecule has 0 aromatic rings. The van der Waals surface area contributed by atoms with Gasteiger partial charge in [-0.25, -0.2) is 4.39 Å². The van der Waals surface area contributed by atoms with Crippen molar-refractivity contribution in [3.63, 3.8) is 0 Å². The summed E-state index contributed by atoms with van der Waals surface area (Å²) >= 11 is 0. The van der Waals surface area contributed by atoms with Crippen molar-refractivity contribution in [3.05, 3.63) is 12.3 Å². The van der Waals surface area contributed by atoms with Crippen molar-refractivity contribution in [2.75, 3.05) is 26.8 Å². The smallest absolute Gasteiger partial charge is 0.102 e. The van der Waals surface area contributed by atoms with E-state index in [1.165, 1.54) is 0 Å². The molecule has 0 amide bonds. The van der Waals surface area contributed by atoms with Crippen molar-refractivity contribution >= 4 is 0 Å². The van der Waals surface area contributed by atoms with Crippen LogP contribution in [0.4, 0.5) is 4.39 Å². The molecular formula is C8H15FN2. The van der Waals surface area contributed by atoms with E-state index in [1.807, 2.05) is 13.2 Å². The summed E-state index contributed by atoms with van der Waals surface area (Å²) in [5, 5.41) is 3.10. The molecule has 0 spiro atoms. The molecule has 0 aromatic heterocycles. The first-order valence-corrected chi connectivity index (χ1v) is 4.01. The van der Waals surface area contributed by atoms with Gasteiger partial charge in [-0.05, 0) is 12.6 Å². The summed E-state index contributed by atoms with van der Waals surface area (Å²) < 4.78 is 11.7. The van der Waals surface area contributed by atoms with Crippen LogP contribution in [0.1, 0.15) is 6.42 Å². The summed E-state index contributed by atoms with van der Waals surface area (Å²) in [6, 6.07) is 0.377. The molecule has 1 atom stereocenters. The van der Waals surface area contributed by atoms with Crippen LogP contribution in [0.25, 0.3) is 0 Å². The van der Waals surface area contributed by atoms with E-state index in [0.29, 0.717) is 12.6 Å². The molecule has 1 rings (SSSR count). The number of hydrogen-bond acceptors (Lipinski definition) is 2. The van der Waals surface area contributed by atoms with Crippen LogP contribution in [-0.4, -0.2) is 37.8 Å². The first-order chi connectivity index (χ1) is 5.33. The normalized spacial score (nSPS) is 24.2. The molecule has 3 heteroatoms.